The third-order valence-electron chi connectivity index (χ3n) is 3.70. The molecule has 0 spiro atoms. The summed E-state index contributed by atoms with van der Waals surface area (Å²) in [5.74, 6) is 0.706. The SMILES string of the molecule is Cc1cccc(Nc2nc(C(=O)Cc3cc(C(C)(C)C)on3)cs2)c1. The van der Waals surface area contributed by atoms with E-state index in [-0.39, 0.29) is 17.6 Å². The molecule has 0 unspecified atom stereocenters. The van der Waals surface area contributed by atoms with Crippen LogP contribution in [0, 0.1) is 6.92 Å². The van der Waals surface area contributed by atoms with E-state index in [1.807, 2.05) is 58.0 Å². The van der Waals surface area contributed by atoms with Crippen LogP contribution in [0.3, 0.4) is 0 Å². The molecule has 0 radical (unpaired) electrons. The number of benzene rings is 1. The van der Waals surface area contributed by atoms with Crippen LogP contribution < -0.4 is 5.32 Å². The Morgan fingerprint density at radius 3 is 2.76 bits per heavy atom. The van der Waals surface area contributed by atoms with E-state index in [0.29, 0.717) is 16.5 Å². The fraction of sp³-hybridized carbons (Fsp3) is 0.316. The van der Waals surface area contributed by atoms with Crippen molar-refractivity contribution in [3.05, 3.63) is 58.4 Å². The lowest BCUT2D eigenvalue weighted by atomic mass is 9.93. The van der Waals surface area contributed by atoms with Crippen molar-refractivity contribution in [2.45, 2.75) is 39.5 Å². The summed E-state index contributed by atoms with van der Waals surface area (Å²) in [6.07, 6.45) is 0.188. The van der Waals surface area contributed by atoms with Gasteiger partial charge in [0.2, 0.25) is 0 Å². The zero-order chi connectivity index (χ0) is 18.0. The molecule has 2 heterocycles. The molecule has 0 saturated heterocycles. The maximum Gasteiger partial charge on any atom is 0.188 e. The van der Waals surface area contributed by atoms with Crippen molar-refractivity contribution < 1.29 is 9.32 Å². The number of aromatic nitrogens is 2. The zero-order valence-electron chi connectivity index (χ0n) is 14.8. The number of Topliss-reactive ketones (excluding diaryl/α,β-unsaturated/α-hetero) is 1. The van der Waals surface area contributed by atoms with Gasteiger partial charge in [-0.1, -0.05) is 38.1 Å². The largest absolute Gasteiger partial charge is 0.361 e. The average molecular weight is 355 g/mol. The highest BCUT2D eigenvalue weighted by Crippen LogP contribution is 2.24. The molecule has 0 saturated carbocycles. The van der Waals surface area contributed by atoms with Crippen LogP contribution in [-0.2, 0) is 11.8 Å². The van der Waals surface area contributed by atoms with Gasteiger partial charge in [-0.05, 0) is 24.6 Å². The van der Waals surface area contributed by atoms with Crippen LogP contribution in [-0.4, -0.2) is 15.9 Å². The first-order valence-corrected chi connectivity index (χ1v) is 8.98. The van der Waals surface area contributed by atoms with Crippen molar-refractivity contribution in [2.24, 2.45) is 0 Å². The number of rotatable bonds is 5. The van der Waals surface area contributed by atoms with E-state index in [1.54, 1.807) is 5.38 Å². The van der Waals surface area contributed by atoms with Gasteiger partial charge in [0.05, 0.1) is 12.1 Å². The molecule has 3 aromatic rings. The summed E-state index contributed by atoms with van der Waals surface area (Å²) in [5, 5.41) is 9.69. The minimum Gasteiger partial charge on any atom is -0.361 e. The lowest BCUT2D eigenvalue weighted by molar-refractivity contribution is 0.0986. The maximum absolute atomic E-state index is 12.4. The molecule has 3 rings (SSSR count). The predicted molar refractivity (Wildman–Crippen MR) is 99.8 cm³/mol. The topological polar surface area (TPSA) is 68.0 Å². The van der Waals surface area contributed by atoms with Gasteiger partial charge in [-0.15, -0.1) is 11.3 Å². The number of anilines is 2. The van der Waals surface area contributed by atoms with Gasteiger partial charge in [0.25, 0.3) is 0 Å². The molecule has 0 fully saturated rings. The van der Waals surface area contributed by atoms with E-state index in [1.165, 1.54) is 16.9 Å². The predicted octanol–water partition coefficient (Wildman–Crippen LogP) is 4.91. The summed E-state index contributed by atoms with van der Waals surface area (Å²) >= 11 is 1.41. The second kappa shape index (κ2) is 6.80. The highest BCUT2D eigenvalue weighted by atomic mass is 32.1. The van der Waals surface area contributed by atoms with Crippen LogP contribution in [0.1, 0.15) is 48.3 Å². The van der Waals surface area contributed by atoms with Crippen LogP contribution in [0.15, 0.2) is 40.2 Å². The van der Waals surface area contributed by atoms with Gasteiger partial charge in [-0.2, -0.15) is 0 Å². The lowest BCUT2D eigenvalue weighted by Gasteiger charge is -2.12. The summed E-state index contributed by atoms with van der Waals surface area (Å²) in [6, 6.07) is 9.86. The van der Waals surface area contributed by atoms with Gasteiger partial charge in [-0.3, -0.25) is 4.79 Å². The summed E-state index contributed by atoms with van der Waals surface area (Å²) in [5.41, 5.74) is 3.08. The molecule has 1 N–H and O–H groups in total. The summed E-state index contributed by atoms with van der Waals surface area (Å²) in [7, 11) is 0. The van der Waals surface area contributed by atoms with E-state index < -0.39 is 0 Å². The van der Waals surface area contributed by atoms with Crippen molar-refractivity contribution in [1.29, 1.82) is 0 Å². The Morgan fingerprint density at radius 1 is 1.28 bits per heavy atom. The van der Waals surface area contributed by atoms with Gasteiger partial charge in [0, 0.05) is 22.5 Å². The number of ketones is 1. The lowest BCUT2D eigenvalue weighted by Crippen LogP contribution is -2.09. The third-order valence-corrected chi connectivity index (χ3v) is 4.46. The second-order valence-corrected chi connectivity index (χ2v) is 7.92. The first-order chi connectivity index (χ1) is 11.8. The van der Waals surface area contributed by atoms with Crippen LogP contribution >= 0.6 is 11.3 Å². The first kappa shape index (κ1) is 17.4. The van der Waals surface area contributed by atoms with Crippen LogP contribution in [0.2, 0.25) is 0 Å². The minimum atomic E-state index is -0.125. The smallest absolute Gasteiger partial charge is 0.188 e. The van der Waals surface area contributed by atoms with Gasteiger partial charge < -0.3 is 9.84 Å². The van der Waals surface area contributed by atoms with E-state index in [0.717, 1.165) is 11.4 Å². The summed E-state index contributed by atoms with van der Waals surface area (Å²) in [4.78, 5) is 16.8. The molecular weight excluding hydrogens is 334 g/mol. The Balaban J connectivity index is 1.67. The Hall–Kier alpha value is -2.47. The van der Waals surface area contributed by atoms with Crippen molar-refractivity contribution in [1.82, 2.24) is 10.1 Å². The molecule has 0 amide bonds. The third kappa shape index (κ3) is 4.33. The highest BCUT2D eigenvalue weighted by molar-refractivity contribution is 7.14. The Bertz CT molecular complexity index is 890. The molecule has 130 valence electrons. The standard InChI is InChI=1S/C19H21N3O2S/c1-12-6-5-7-13(8-12)20-18-21-15(11-25-18)16(23)9-14-10-17(24-22-14)19(2,3)4/h5-8,10-11H,9H2,1-4H3,(H,20,21). The van der Waals surface area contributed by atoms with E-state index in [2.05, 4.69) is 15.5 Å². The quantitative estimate of drug-likeness (QED) is 0.659. The van der Waals surface area contributed by atoms with E-state index >= 15 is 0 Å². The van der Waals surface area contributed by atoms with Crippen molar-refractivity contribution in [3.63, 3.8) is 0 Å². The minimum absolute atomic E-state index is 0.0673. The molecule has 0 bridgehead atoms. The molecule has 25 heavy (non-hydrogen) atoms. The number of hydrogen-bond donors (Lipinski definition) is 1. The van der Waals surface area contributed by atoms with Gasteiger partial charge in [0.1, 0.15) is 11.5 Å². The molecule has 2 aromatic heterocycles. The number of hydrogen-bond acceptors (Lipinski definition) is 6. The van der Waals surface area contributed by atoms with E-state index in [9.17, 15) is 4.79 Å². The fourth-order valence-corrected chi connectivity index (χ4v) is 3.04. The van der Waals surface area contributed by atoms with Gasteiger partial charge in [0.15, 0.2) is 10.9 Å². The molecule has 0 aliphatic heterocycles. The fourth-order valence-electron chi connectivity index (χ4n) is 2.31. The average Bonchev–Trinajstić information content (AvgIpc) is 3.16. The molecule has 5 nitrogen and oxygen atoms in total. The Kier molecular flexibility index (Phi) is 4.72. The Labute approximate surface area is 151 Å². The zero-order valence-corrected chi connectivity index (χ0v) is 15.6. The van der Waals surface area contributed by atoms with Gasteiger partial charge in [-0.25, -0.2) is 4.98 Å². The number of nitrogens with one attached hydrogen (secondary N) is 1. The Morgan fingerprint density at radius 2 is 2.08 bits per heavy atom. The number of nitrogens with zero attached hydrogens (tertiary/aromatic N) is 2. The number of aryl methyl sites for hydroxylation is 1. The van der Waals surface area contributed by atoms with Crippen LogP contribution in [0.5, 0.6) is 0 Å². The van der Waals surface area contributed by atoms with Crippen molar-refractivity contribution in [2.75, 3.05) is 5.32 Å². The molecular formula is C19H21N3O2S. The highest BCUT2D eigenvalue weighted by Gasteiger charge is 2.21. The number of thiazole rings is 1. The molecule has 0 aliphatic rings. The van der Waals surface area contributed by atoms with E-state index in [4.69, 9.17) is 4.52 Å². The second-order valence-electron chi connectivity index (χ2n) is 7.06. The number of carbonyl (C=O) groups excluding carboxylic acids is 1. The molecule has 0 atom stereocenters. The molecule has 0 aliphatic carbocycles. The van der Waals surface area contributed by atoms with Crippen molar-refractivity contribution >= 4 is 27.9 Å². The van der Waals surface area contributed by atoms with Crippen LogP contribution in [0.25, 0.3) is 0 Å². The summed E-state index contributed by atoms with van der Waals surface area (Å²) < 4.78 is 5.33. The number of carbonyl (C=O) groups is 1. The normalized spacial score (nSPS) is 11.5. The van der Waals surface area contributed by atoms with Crippen molar-refractivity contribution in [3.8, 4) is 0 Å². The first-order valence-electron chi connectivity index (χ1n) is 8.10. The molecule has 6 heteroatoms. The van der Waals surface area contributed by atoms with Crippen LogP contribution in [0.4, 0.5) is 10.8 Å². The monoisotopic (exact) mass is 355 g/mol. The molecule has 1 aromatic carbocycles. The maximum atomic E-state index is 12.4. The summed E-state index contributed by atoms with van der Waals surface area (Å²) in [6.45, 7) is 8.17. The van der Waals surface area contributed by atoms with Gasteiger partial charge >= 0.3 is 0 Å².